The number of halogens is 1. The number of piperidine rings is 2. The van der Waals surface area contributed by atoms with Gasteiger partial charge in [-0.3, -0.25) is 24.6 Å². The molecule has 9 rings (SSSR count). The molecule has 1 aliphatic carbocycles. The number of hydrogen-bond donors (Lipinski definition) is 4. The zero-order valence-corrected chi connectivity index (χ0v) is 33.7. The summed E-state index contributed by atoms with van der Waals surface area (Å²) in [6.07, 6.45) is 7.37. The van der Waals surface area contributed by atoms with Gasteiger partial charge in [0.15, 0.2) is 11.5 Å². The van der Waals surface area contributed by atoms with Crippen molar-refractivity contribution in [3.05, 3.63) is 101 Å². The predicted octanol–water partition coefficient (Wildman–Crippen LogP) is 4.46. The molecule has 4 aliphatic rings. The summed E-state index contributed by atoms with van der Waals surface area (Å²) in [7, 11) is 0. The molecular weight excluding hydrogens is 766 g/mol. The number of aryl methyl sites for hydroxylation is 1. The minimum absolute atomic E-state index is 0.248. The van der Waals surface area contributed by atoms with Crippen molar-refractivity contribution in [2.45, 2.75) is 63.6 Å². The molecule has 2 aromatic carbocycles. The van der Waals surface area contributed by atoms with Crippen molar-refractivity contribution in [3.8, 4) is 5.82 Å². The molecule has 3 fully saturated rings. The number of allylic oxidation sites excluding steroid dienone is 1. The number of nitrogens with one attached hydrogen (secondary N) is 3. The van der Waals surface area contributed by atoms with E-state index in [2.05, 4.69) is 54.3 Å². The van der Waals surface area contributed by atoms with Crippen LogP contribution in [0.2, 0.25) is 0 Å². The van der Waals surface area contributed by atoms with Crippen LogP contribution in [0.1, 0.15) is 50.3 Å². The number of benzene rings is 2. The Balaban J connectivity index is 0.781. The SMILES string of the molecule is C=CCn1c(=O)c2cnc(Nc3ccc(N4CCC(CN5CCN(c6ccc(NC7CCC(=O)NC7=O)cc6F)CC5)CC4)cc3)nc2n1-c1ccc2c(n1)[C@@](C)(O)CC2. The molecule has 1 unspecified atom stereocenters. The van der Waals surface area contributed by atoms with Gasteiger partial charge in [0.1, 0.15) is 22.8 Å². The van der Waals surface area contributed by atoms with E-state index in [-0.39, 0.29) is 36.2 Å². The van der Waals surface area contributed by atoms with Gasteiger partial charge in [-0.05, 0) is 99.0 Å². The summed E-state index contributed by atoms with van der Waals surface area (Å²) in [5.74, 6) is 0.445. The van der Waals surface area contributed by atoms with Crippen molar-refractivity contribution in [1.29, 1.82) is 0 Å². The van der Waals surface area contributed by atoms with E-state index in [9.17, 15) is 19.5 Å². The molecule has 3 saturated heterocycles. The van der Waals surface area contributed by atoms with Crippen molar-refractivity contribution >= 4 is 51.5 Å². The molecule has 0 saturated carbocycles. The van der Waals surface area contributed by atoms with Crippen LogP contribution in [-0.2, 0) is 28.2 Å². The maximum Gasteiger partial charge on any atom is 0.278 e. The van der Waals surface area contributed by atoms with Gasteiger partial charge in [0.25, 0.3) is 5.56 Å². The predicted molar refractivity (Wildman–Crippen MR) is 229 cm³/mol. The molecular formula is C44H50FN11O4. The normalized spacial score (nSPS) is 21.3. The molecule has 3 aromatic heterocycles. The van der Waals surface area contributed by atoms with Crippen LogP contribution in [0.15, 0.2) is 78.2 Å². The first-order valence-corrected chi connectivity index (χ1v) is 20.8. The number of aromatic nitrogens is 5. The number of aliphatic hydroxyl groups is 1. The standard InChI is InChI=1S/C44H50FN11O4/c1-3-18-55-42(59)33-26-46-43(51-40(33)56(55)37-12-4-29-14-17-44(2,60)39(29)49-37)48-30-5-8-32(9-6-30)53-19-15-28(16-20-53)27-52-21-23-54(24-22-52)36-11-7-31(25-34(36)45)47-35-10-13-38(57)50-41(35)58/h3-9,11-12,25-26,28,35,47,60H,1,10,13-24,27H2,2H3,(H,46,48,51)(H,50,57,58)/t35?,44-/m0/s1. The number of hydrogen-bond acceptors (Lipinski definition) is 12. The first kappa shape index (κ1) is 39.3. The van der Waals surface area contributed by atoms with Crippen LogP contribution in [0, 0.1) is 11.7 Å². The number of rotatable bonds is 11. The Bertz CT molecular complexity index is 2500. The lowest BCUT2D eigenvalue weighted by Gasteiger charge is -2.40. The topological polar surface area (TPSA) is 166 Å². The third-order valence-electron chi connectivity index (χ3n) is 12.4. The van der Waals surface area contributed by atoms with Gasteiger partial charge in [-0.15, -0.1) is 6.58 Å². The number of carbonyl (C=O) groups excluding carboxylic acids is 2. The first-order chi connectivity index (χ1) is 29.0. The van der Waals surface area contributed by atoms with E-state index >= 15 is 4.39 Å². The summed E-state index contributed by atoms with van der Waals surface area (Å²) in [6, 6.07) is 16.5. The highest BCUT2D eigenvalue weighted by atomic mass is 19.1. The van der Waals surface area contributed by atoms with Crippen molar-refractivity contribution < 1.29 is 19.1 Å². The average Bonchev–Trinajstić information content (AvgIpc) is 3.70. The largest absolute Gasteiger partial charge is 0.384 e. The fourth-order valence-corrected chi connectivity index (χ4v) is 9.05. The maximum atomic E-state index is 15.2. The third kappa shape index (κ3) is 7.84. The number of fused-ring (bicyclic) bond motifs is 2. The molecule has 15 nitrogen and oxygen atoms in total. The highest BCUT2D eigenvalue weighted by Gasteiger charge is 2.34. The molecule has 312 valence electrons. The zero-order chi connectivity index (χ0) is 41.5. The monoisotopic (exact) mass is 815 g/mol. The van der Waals surface area contributed by atoms with Gasteiger partial charge >= 0.3 is 0 Å². The molecule has 4 N–H and O–H groups in total. The molecule has 3 aliphatic heterocycles. The third-order valence-corrected chi connectivity index (χ3v) is 12.4. The molecule has 0 bridgehead atoms. The number of amides is 2. The summed E-state index contributed by atoms with van der Waals surface area (Å²) in [5.41, 5.74) is 3.80. The molecule has 60 heavy (non-hydrogen) atoms. The number of pyridine rings is 1. The number of piperazine rings is 1. The molecule has 0 radical (unpaired) electrons. The van der Waals surface area contributed by atoms with Crippen LogP contribution in [0.25, 0.3) is 16.9 Å². The highest BCUT2D eigenvalue weighted by Crippen LogP contribution is 2.36. The van der Waals surface area contributed by atoms with Crippen LogP contribution < -0.4 is 31.3 Å². The van der Waals surface area contributed by atoms with E-state index < -0.39 is 11.6 Å². The number of imide groups is 1. The van der Waals surface area contributed by atoms with Gasteiger partial charge in [-0.1, -0.05) is 12.1 Å². The second kappa shape index (κ2) is 16.1. The lowest BCUT2D eigenvalue weighted by atomic mass is 9.95. The molecule has 0 spiro atoms. The molecule has 2 amide bonds. The lowest BCUT2D eigenvalue weighted by molar-refractivity contribution is -0.133. The average molecular weight is 816 g/mol. The maximum absolute atomic E-state index is 15.2. The summed E-state index contributed by atoms with van der Waals surface area (Å²) in [6.45, 7) is 12.0. The van der Waals surface area contributed by atoms with Crippen molar-refractivity contribution in [3.63, 3.8) is 0 Å². The minimum Gasteiger partial charge on any atom is -0.384 e. The van der Waals surface area contributed by atoms with E-state index in [0.29, 0.717) is 58.6 Å². The van der Waals surface area contributed by atoms with Gasteiger partial charge in [0, 0.05) is 75.5 Å². The van der Waals surface area contributed by atoms with Gasteiger partial charge in [0.05, 0.1) is 17.9 Å². The lowest BCUT2D eigenvalue weighted by Crippen LogP contribution is -2.49. The van der Waals surface area contributed by atoms with E-state index in [1.54, 1.807) is 29.8 Å². The van der Waals surface area contributed by atoms with Crippen LogP contribution >= 0.6 is 0 Å². The summed E-state index contributed by atoms with van der Waals surface area (Å²) in [4.78, 5) is 58.1. The van der Waals surface area contributed by atoms with E-state index in [4.69, 9.17) is 9.97 Å². The summed E-state index contributed by atoms with van der Waals surface area (Å²) < 4.78 is 18.4. The second-order valence-electron chi connectivity index (χ2n) is 16.6. The Morgan fingerprint density at radius 2 is 1.70 bits per heavy atom. The van der Waals surface area contributed by atoms with Crippen molar-refractivity contribution in [2.75, 3.05) is 66.2 Å². The minimum atomic E-state index is -1.04. The fourth-order valence-electron chi connectivity index (χ4n) is 9.05. The Hall–Kier alpha value is -6.13. The van der Waals surface area contributed by atoms with Crippen LogP contribution in [0.3, 0.4) is 0 Å². The highest BCUT2D eigenvalue weighted by molar-refractivity contribution is 6.01. The number of nitrogens with zero attached hydrogens (tertiary/aromatic N) is 8. The number of carbonyl (C=O) groups is 2. The second-order valence-corrected chi connectivity index (χ2v) is 16.6. The Morgan fingerprint density at radius 1 is 0.933 bits per heavy atom. The molecule has 16 heteroatoms. The summed E-state index contributed by atoms with van der Waals surface area (Å²) >= 11 is 0. The summed E-state index contributed by atoms with van der Waals surface area (Å²) in [5, 5.41) is 20.0. The Kier molecular flexibility index (Phi) is 10.6. The van der Waals surface area contributed by atoms with Crippen LogP contribution in [-0.4, -0.2) is 98.0 Å². The van der Waals surface area contributed by atoms with Gasteiger partial charge in [-0.25, -0.2) is 23.7 Å². The first-order valence-electron chi connectivity index (χ1n) is 20.8. The van der Waals surface area contributed by atoms with Crippen LogP contribution in [0.5, 0.6) is 0 Å². The van der Waals surface area contributed by atoms with Gasteiger partial charge in [-0.2, -0.15) is 4.98 Å². The Morgan fingerprint density at radius 3 is 2.43 bits per heavy atom. The molecule has 6 heterocycles. The van der Waals surface area contributed by atoms with Crippen molar-refractivity contribution in [2.24, 2.45) is 5.92 Å². The van der Waals surface area contributed by atoms with Gasteiger partial charge in [0.2, 0.25) is 17.8 Å². The smallest absolute Gasteiger partial charge is 0.278 e. The fraction of sp³-hybridized carbons (Fsp3) is 0.409. The van der Waals surface area contributed by atoms with E-state index in [1.165, 1.54) is 16.9 Å². The van der Waals surface area contributed by atoms with Crippen molar-refractivity contribution in [1.82, 2.24) is 34.5 Å². The quantitative estimate of drug-likeness (QED) is 0.110. The molecule has 5 aromatic rings. The zero-order valence-electron chi connectivity index (χ0n) is 33.7. The Labute approximate surface area is 346 Å². The van der Waals surface area contributed by atoms with E-state index in [0.717, 1.165) is 82.0 Å². The van der Waals surface area contributed by atoms with Crippen LogP contribution in [0.4, 0.5) is 33.1 Å². The number of anilines is 5. The van der Waals surface area contributed by atoms with Gasteiger partial charge < -0.3 is 25.5 Å². The molecule has 2 atom stereocenters. The van der Waals surface area contributed by atoms with E-state index in [1.807, 2.05) is 24.3 Å².